The lowest BCUT2D eigenvalue weighted by Gasteiger charge is -2.12. The van der Waals surface area contributed by atoms with Crippen LogP contribution in [-0.2, 0) is 12.7 Å². The quantitative estimate of drug-likeness (QED) is 0.624. The van der Waals surface area contributed by atoms with E-state index in [1.165, 1.54) is 6.07 Å². The van der Waals surface area contributed by atoms with Crippen LogP contribution in [-0.4, -0.2) is 9.97 Å². The predicted molar refractivity (Wildman–Crippen MR) is 100 cm³/mol. The van der Waals surface area contributed by atoms with Crippen LogP contribution in [0, 0.1) is 13.8 Å². The standard InChI is InChI=1S/C20H19F3N4/c1-13-6-3-4-7-15(13)12-24-18-11-19(26-14(2)25-18)27-17-9-5-8-16(10-17)20(21,22)23/h3-11H,12H2,1-2H3,(H2,24,25,26,27). The van der Waals surface area contributed by atoms with E-state index >= 15 is 0 Å². The molecule has 27 heavy (non-hydrogen) atoms. The molecule has 1 heterocycles. The van der Waals surface area contributed by atoms with Crippen molar-refractivity contribution >= 4 is 17.3 Å². The van der Waals surface area contributed by atoms with Crippen LogP contribution in [0.1, 0.15) is 22.5 Å². The number of halogens is 3. The van der Waals surface area contributed by atoms with Gasteiger partial charge in [0.2, 0.25) is 0 Å². The number of anilines is 3. The molecule has 0 aliphatic rings. The second-order valence-electron chi connectivity index (χ2n) is 6.17. The van der Waals surface area contributed by atoms with Crippen LogP contribution >= 0.6 is 0 Å². The van der Waals surface area contributed by atoms with Gasteiger partial charge in [-0.05, 0) is 43.2 Å². The van der Waals surface area contributed by atoms with E-state index in [4.69, 9.17) is 0 Å². The highest BCUT2D eigenvalue weighted by atomic mass is 19.4. The number of hydrogen-bond donors (Lipinski definition) is 2. The molecular formula is C20H19F3N4. The molecule has 3 rings (SSSR count). The lowest BCUT2D eigenvalue weighted by Crippen LogP contribution is -2.07. The number of nitrogens with one attached hydrogen (secondary N) is 2. The maximum atomic E-state index is 12.9. The van der Waals surface area contributed by atoms with Crippen molar-refractivity contribution in [3.8, 4) is 0 Å². The molecular weight excluding hydrogens is 353 g/mol. The van der Waals surface area contributed by atoms with E-state index < -0.39 is 11.7 Å². The first-order valence-electron chi connectivity index (χ1n) is 8.39. The number of nitrogens with zero attached hydrogens (tertiary/aromatic N) is 2. The van der Waals surface area contributed by atoms with Crippen LogP contribution in [0.25, 0.3) is 0 Å². The maximum absolute atomic E-state index is 12.9. The lowest BCUT2D eigenvalue weighted by molar-refractivity contribution is -0.137. The molecule has 0 saturated carbocycles. The Bertz CT molecular complexity index is 939. The molecule has 140 valence electrons. The smallest absolute Gasteiger partial charge is 0.366 e. The van der Waals surface area contributed by atoms with E-state index in [0.717, 1.165) is 23.3 Å². The molecule has 1 aromatic heterocycles. The topological polar surface area (TPSA) is 49.8 Å². The summed E-state index contributed by atoms with van der Waals surface area (Å²) in [6.45, 7) is 4.35. The van der Waals surface area contributed by atoms with Gasteiger partial charge in [0.25, 0.3) is 0 Å². The Labute approximate surface area is 155 Å². The normalized spacial score (nSPS) is 11.3. The van der Waals surface area contributed by atoms with Crippen molar-refractivity contribution in [1.82, 2.24) is 9.97 Å². The van der Waals surface area contributed by atoms with Crippen molar-refractivity contribution in [2.75, 3.05) is 10.6 Å². The third kappa shape index (κ3) is 4.97. The second kappa shape index (κ2) is 7.65. The number of aryl methyl sites for hydroxylation is 2. The highest BCUT2D eigenvalue weighted by Gasteiger charge is 2.30. The zero-order valence-corrected chi connectivity index (χ0v) is 14.9. The monoisotopic (exact) mass is 372 g/mol. The van der Waals surface area contributed by atoms with Gasteiger partial charge in [0, 0.05) is 18.3 Å². The van der Waals surface area contributed by atoms with Gasteiger partial charge in [0.05, 0.1) is 5.56 Å². The van der Waals surface area contributed by atoms with Gasteiger partial charge in [-0.2, -0.15) is 13.2 Å². The molecule has 2 aromatic carbocycles. The first-order valence-corrected chi connectivity index (χ1v) is 8.39. The first-order chi connectivity index (χ1) is 12.8. The van der Waals surface area contributed by atoms with E-state index in [-0.39, 0.29) is 0 Å². The molecule has 2 N–H and O–H groups in total. The summed E-state index contributed by atoms with van der Waals surface area (Å²) in [5.74, 6) is 1.54. The third-order valence-electron chi connectivity index (χ3n) is 4.02. The third-order valence-corrected chi connectivity index (χ3v) is 4.02. The van der Waals surface area contributed by atoms with Gasteiger partial charge in [-0.15, -0.1) is 0 Å². The van der Waals surface area contributed by atoms with Crippen LogP contribution in [0.5, 0.6) is 0 Å². The average molecular weight is 372 g/mol. The number of aromatic nitrogens is 2. The molecule has 0 radical (unpaired) electrons. The molecule has 0 unspecified atom stereocenters. The molecule has 0 aliphatic heterocycles. The molecule has 0 amide bonds. The fourth-order valence-corrected chi connectivity index (χ4v) is 2.64. The van der Waals surface area contributed by atoms with Crippen molar-refractivity contribution in [3.05, 3.63) is 77.1 Å². The number of benzene rings is 2. The van der Waals surface area contributed by atoms with Crippen molar-refractivity contribution in [2.24, 2.45) is 0 Å². The lowest BCUT2D eigenvalue weighted by atomic mass is 10.1. The number of hydrogen-bond acceptors (Lipinski definition) is 4. The van der Waals surface area contributed by atoms with E-state index in [2.05, 4.69) is 20.6 Å². The highest BCUT2D eigenvalue weighted by Crippen LogP contribution is 2.31. The Hall–Kier alpha value is -3.09. The van der Waals surface area contributed by atoms with E-state index in [9.17, 15) is 13.2 Å². The van der Waals surface area contributed by atoms with E-state index in [0.29, 0.717) is 29.7 Å². The molecule has 0 saturated heterocycles. The Kier molecular flexibility index (Phi) is 5.30. The summed E-state index contributed by atoms with van der Waals surface area (Å²) >= 11 is 0. The summed E-state index contributed by atoms with van der Waals surface area (Å²) in [5, 5.41) is 6.15. The minimum Gasteiger partial charge on any atom is -0.366 e. The Morgan fingerprint density at radius 1 is 0.889 bits per heavy atom. The van der Waals surface area contributed by atoms with E-state index in [1.54, 1.807) is 19.1 Å². The summed E-state index contributed by atoms with van der Waals surface area (Å²) in [5.41, 5.74) is 1.91. The second-order valence-corrected chi connectivity index (χ2v) is 6.17. The SMILES string of the molecule is Cc1nc(NCc2ccccc2C)cc(Nc2cccc(C(F)(F)F)c2)n1. The fourth-order valence-electron chi connectivity index (χ4n) is 2.64. The fraction of sp³-hybridized carbons (Fsp3) is 0.200. The molecule has 0 atom stereocenters. The number of alkyl halides is 3. The van der Waals surface area contributed by atoms with Gasteiger partial charge >= 0.3 is 6.18 Å². The maximum Gasteiger partial charge on any atom is 0.416 e. The van der Waals surface area contributed by atoms with Gasteiger partial charge in [-0.25, -0.2) is 9.97 Å². The summed E-state index contributed by atoms with van der Waals surface area (Å²) in [6.07, 6.45) is -4.39. The summed E-state index contributed by atoms with van der Waals surface area (Å²) in [7, 11) is 0. The van der Waals surface area contributed by atoms with Crippen LogP contribution < -0.4 is 10.6 Å². The van der Waals surface area contributed by atoms with Crippen LogP contribution in [0.3, 0.4) is 0 Å². The Morgan fingerprint density at radius 2 is 1.63 bits per heavy atom. The summed E-state index contributed by atoms with van der Waals surface area (Å²) in [6, 6.07) is 14.7. The molecule has 4 nitrogen and oxygen atoms in total. The van der Waals surface area contributed by atoms with Gasteiger partial charge in [-0.3, -0.25) is 0 Å². The highest BCUT2D eigenvalue weighted by molar-refractivity contribution is 5.60. The van der Waals surface area contributed by atoms with Crippen molar-refractivity contribution in [1.29, 1.82) is 0 Å². The van der Waals surface area contributed by atoms with Gasteiger partial charge < -0.3 is 10.6 Å². The van der Waals surface area contributed by atoms with Gasteiger partial charge in [0.1, 0.15) is 17.5 Å². The van der Waals surface area contributed by atoms with Crippen LogP contribution in [0.15, 0.2) is 54.6 Å². The zero-order chi connectivity index (χ0) is 19.4. The molecule has 0 bridgehead atoms. The largest absolute Gasteiger partial charge is 0.416 e. The van der Waals surface area contributed by atoms with Crippen molar-refractivity contribution in [2.45, 2.75) is 26.6 Å². The Morgan fingerprint density at radius 3 is 2.37 bits per heavy atom. The van der Waals surface area contributed by atoms with Crippen LogP contribution in [0.4, 0.5) is 30.5 Å². The minimum atomic E-state index is -4.39. The Balaban J connectivity index is 1.77. The molecule has 0 spiro atoms. The van der Waals surface area contributed by atoms with Gasteiger partial charge in [-0.1, -0.05) is 30.3 Å². The molecule has 7 heteroatoms. The van der Waals surface area contributed by atoms with Crippen molar-refractivity contribution < 1.29 is 13.2 Å². The number of rotatable bonds is 5. The predicted octanol–water partition coefficient (Wildman–Crippen LogP) is 5.47. The zero-order valence-electron chi connectivity index (χ0n) is 14.9. The molecule has 0 aliphatic carbocycles. The van der Waals surface area contributed by atoms with E-state index in [1.807, 2.05) is 31.2 Å². The average Bonchev–Trinajstić information content (AvgIpc) is 2.60. The van der Waals surface area contributed by atoms with Gasteiger partial charge in [0.15, 0.2) is 0 Å². The minimum absolute atomic E-state index is 0.313. The molecule has 0 fully saturated rings. The molecule has 3 aromatic rings. The summed E-state index contributed by atoms with van der Waals surface area (Å²) in [4.78, 5) is 8.58. The summed E-state index contributed by atoms with van der Waals surface area (Å²) < 4.78 is 38.6. The first kappa shape index (κ1) is 18.7. The van der Waals surface area contributed by atoms with Crippen molar-refractivity contribution in [3.63, 3.8) is 0 Å². The van der Waals surface area contributed by atoms with Crippen LogP contribution in [0.2, 0.25) is 0 Å².